The zero-order valence-electron chi connectivity index (χ0n) is 11.7. The van der Waals surface area contributed by atoms with E-state index in [1.807, 2.05) is 25.7 Å². The Morgan fingerprint density at radius 2 is 1.94 bits per heavy atom. The van der Waals surface area contributed by atoms with E-state index in [0.29, 0.717) is 13.2 Å². The molecule has 2 N–H and O–H groups in total. The van der Waals surface area contributed by atoms with Crippen LogP contribution in [0.25, 0.3) is 0 Å². The predicted molar refractivity (Wildman–Crippen MR) is 70.4 cm³/mol. The summed E-state index contributed by atoms with van der Waals surface area (Å²) < 4.78 is 5.31. The van der Waals surface area contributed by atoms with Gasteiger partial charge in [0.25, 0.3) is 0 Å². The van der Waals surface area contributed by atoms with Gasteiger partial charge in [0.1, 0.15) is 0 Å². The van der Waals surface area contributed by atoms with Gasteiger partial charge in [-0.2, -0.15) is 0 Å². The Bertz CT molecular complexity index is 253. The average molecular weight is 258 g/mol. The molecule has 1 aliphatic rings. The number of nitrogens with zero attached hydrogens (tertiary/aromatic N) is 1. The standard InChI is InChI=1S/C13H26N2O3/c1-10(2)18-9-12(16)8-14-11(3)13(17)15-6-4-5-7-15/h10-12,14,16H,4-9H2,1-3H3. The van der Waals surface area contributed by atoms with E-state index in [0.717, 1.165) is 25.9 Å². The first-order valence-electron chi connectivity index (χ1n) is 6.82. The number of carbonyl (C=O) groups is 1. The highest BCUT2D eigenvalue weighted by atomic mass is 16.5. The van der Waals surface area contributed by atoms with E-state index in [1.54, 1.807) is 0 Å². The van der Waals surface area contributed by atoms with E-state index < -0.39 is 6.10 Å². The second-order valence-electron chi connectivity index (χ2n) is 5.20. The van der Waals surface area contributed by atoms with Crippen LogP contribution in [0.3, 0.4) is 0 Å². The van der Waals surface area contributed by atoms with Gasteiger partial charge in [0.2, 0.25) is 5.91 Å². The van der Waals surface area contributed by atoms with Crippen LogP contribution >= 0.6 is 0 Å². The maximum absolute atomic E-state index is 12.0. The normalized spacial score (nSPS) is 19.3. The number of ether oxygens (including phenoxy) is 1. The Kier molecular flexibility index (Phi) is 6.60. The summed E-state index contributed by atoms with van der Waals surface area (Å²) in [5, 5.41) is 12.7. The number of hydrogen-bond donors (Lipinski definition) is 2. The third-order valence-electron chi connectivity index (χ3n) is 3.07. The number of hydrogen-bond acceptors (Lipinski definition) is 4. The molecular weight excluding hydrogens is 232 g/mol. The second kappa shape index (κ2) is 7.71. The van der Waals surface area contributed by atoms with E-state index in [1.165, 1.54) is 0 Å². The first kappa shape index (κ1) is 15.4. The van der Waals surface area contributed by atoms with Gasteiger partial charge in [0, 0.05) is 19.6 Å². The molecule has 0 radical (unpaired) electrons. The fourth-order valence-corrected chi connectivity index (χ4v) is 1.97. The quantitative estimate of drug-likeness (QED) is 0.693. The maximum atomic E-state index is 12.0. The molecular formula is C13H26N2O3. The molecule has 0 aromatic rings. The van der Waals surface area contributed by atoms with Gasteiger partial charge in [-0.05, 0) is 33.6 Å². The minimum Gasteiger partial charge on any atom is -0.389 e. The third kappa shape index (κ3) is 5.33. The van der Waals surface area contributed by atoms with Crippen LogP contribution in [0.2, 0.25) is 0 Å². The highest BCUT2D eigenvalue weighted by molar-refractivity contribution is 5.81. The fourth-order valence-electron chi connectivity index (χ4n) is 1.97. The summed E-state index contributed by atoms with van der Waals surface area (Å²) in [7, 11) is 0. The number of carbonyl (C=O) groups excluding carboxylic acids is 1. The van der Waals surface area contributed by atoms with Crippen LogP contribution in [-0.2, 0) is 9.53 Å². The van der Waals surface area contributed by atoms with Gasteiger partial charge in [-0.1, -0.05) is 0 Å². The summed E-state index contributed by atoms with van der Waals surface area (Å²) in [6.07, 6.45) is 1.75. The minimum absolute atomic E-state index is 0.114. The molecule has 1 aliphatic heterocycles. The van der Waals surface area contributed by atoms with E-state index in [4.69, 9.17) is 4.74 Å². The Hall–Kier alpha value is -0.650. The van der Waals surface area contributed by atoms with Crippen LogP contribution in [0.15, 0.2) is 0 Å². The summed E-state index contributed by atoms with van der Waals surface area (Å²) in [4.78, 5) is 13.9. The lowest BCUT2D eigenvalue weighted by molar-refractivity contribution is -0.132. The van der Waals surface area contributed by atoms with Crippen LogP contribution in [0, 0.1) is 0 Å². The van der Waals surface area contributed by atoms with Gasteiger partial charge in [0.15, 0.2) is 0 Å². The average Bonchev–Trinajstić information content (AvgIpc) is 2.86. The Balaban J connectivity index is 2.18. The molecule has 0 bridgehead atoms. The lowest BCUT2D eigenvalue weighted by Gasteiger charge is -2.22. The maximum Gasteiger partial charge on any atom is 0.239 e. The molecule has 2 atom stereocenters. The zero-order valence-corrected chi connectivity index (χ0v) is 11.7. The molecule has 2 unspecified atom stereocenters. The van der Waals surface area contributed by atoms with Crippen molar-refractivity contribution in [2.45, 2.75) is 51.9 Å². The number of nitrogens with one attached hydrogen (secondary N) is 1. The van der Waals surface area contributed by atoms with Crippen LogP contribution < -0.4 is 5.32 Å². The molecule has 1 saturated heterocycles. The van der Waals surface area contributed by atoms with E-state index in [2.05, 4.69) is 5.32 Å². The number of aliphatic hydroxyl groups excluding tert-OH is 1. The monoisotopic (exact) mass is 258 g/mol. The Morgan fingerprint density at radius 1 is 1.33 bits per heavy atom. The molecule has 0 aliphatic carbocycles. The van der Waals surface area contributed by atoms with Gasteiger partial charge in [-0.3, -0.25) is 4.79 Å². The zero-order chi connectivity index (χ0) is 13.5. The van der Waals surface area contributed by atoms with Crippen molar-refractivity contribution in [1.29, 1.82) is 0 Å². The van der Waals surface area contributed by atoms with Crippen molar-refractivity contribution in [3.8, 4) is 0 Å². The summed E-state index contributed by atoms with van der Waals surface area (Å²) in [5.41, 5.74) is 0. The smallest absolute Gasteiger partial charge is 0.239 e. The molecule has 0 aromatic heterocycles. The van der Waals surface area contributed by atoms with Gasteiger partial charge in [-0.15, -0.1) is 0 Å². The first-order valence-corrected chi connectivity index (χ1v) is 6.82. The van der Waals surface area contributed by atoms with Crippen LogP contribution in [-0.4, -0.2) is 60.4 Å². The molecule has 0 aromatic carbocycles. The van der Waals surface area contributed by atoms with Gasteiger partial charge < -0.3 is 20.1 Å². The third-order valence-corrected chi connectivity index (χ3v) is 3.07. The molecule has 1 fully saturated rings. The summed E-state index contributed by atoms with van der Waals surface area (Å²) in [6.45, 7) is 8.12. The van der Waals surface area contributed by atoms with Crippen LogP contribution in [0.4, 0.5) is 0 Å². The van der Waals surface area contributed by atoms with Gasteiger partial charge >= 0.3 is 0 Å². The molecule has 106 valence electrons. The van der Waals surface area contributed by atoms with E-state index in [9.17, 15) is 9.90 Å². The van der Waals surface area contributed by atoms with E-state index in [-0.39, 0.29) is 18.1 Å². The van der Waals surface area contributed by atoms with Gasteiger partial charge in [0.05, 0.1) is 24.9 Å². The fraction of sp³-hybridized carbons (Fsp3) is 0.923. The highest BCUT2D eigenvalue weighted by Gasteiger charge is 2.23. The largest absolute Gasteiger partial charge is 0.389 e. The molecule has 0 saturated carbocycles. The molecule has 1 amide bonds. The number of rotatable bonds is 7. The summed E-state index contributed by atoms with van der Waals surface area (Å²) >= 11 is 0. The van der Waals surface area contributed by atoms with Crippen molar-refractivity contribution in [2.75, 3.05) is 26.2 Å². The van der Waals surface area contributed by atoms with Crippen molar-refractivity contribution in [2.24, 2.45) is 0 Å². The Labute approximate surface area is 109 Å². The van der Waals surface area contributed by atoms with Crippen molar-refractivity contribution in [3.63, 3.8) is 0 Å². The molecule has 5 heteroatoms. The molecule has 1 heterocycles. The van der Waals surface area contributed by atoms with Crippen molar-refractivity contribution >= 4 is 5.91 Å². The summed E-state index contributed by atoms with van der Waals surface area (Å²) in [5.74, 6) is 0.129. The molecule has 5 nitrogen and oxygen atoms in total. The van der Waals surface area contributed by atoms with E-state index >= 15 is 0 Å². The Morgan fingerprint density at radius 3 is 2.50 bits per heavy atom. The van der Waals surface area contributed by atoms with Crippen LogP contribution in [0.1, 0.15) is 33.6 Å². The molecule has 18 heavy (non-hydrogen) atoms. The highest BCUT2D eigenvalue weighted by Crippen LogP contribution is 2.08. The summed E-state index contributed by atoms with van der Waals surface area (Å²) in [6, 6.07) is -0.239. The first-order chi connectivity index (χ1) is 8.50. The lowest BCUT2D eigenvalue weighted by atomic mass is 10.2. The van der Waals surface area contributed by atoms with Crippen LogP contribution in [0.5, 0.6) is 0 Å². The number of aliphatic hydroxyl groups is 1. The minimum atomic E-state index is -0.568. The van der Waals surface area contributed by atoms with Crippen molar-refractivity contribution in [1.82, 2.24) is 10.2 Å². The SMILES string of the molecule is CC(C)OCC(O)CNC(C)C(=O)N1CCCC1. The van der Waals surface area contributed by atoms with Crippen molar-refractivity contribution in [3.05, 3.63) is 0 Å². The lowest BCUT2D eigenvalue weighted by Crippen LogP contribution is -2.46. The van der Waals surface area contributed by atoms with Gasteiger partial charge in [-0.25, -0.2) is 0 Å². The van der Waals surface area contributed by atoms with Crippen molar-refractivity contribution < 1.29 is 14.6 Å². The molecule has 0 spiro atoms. The number of likely N-dealkylation sites (tertiary alicyclic amines) is 1. The predicted octanol–water partition coefficient (Wildman–Crippen LogP) is 0.373. The second-order valence-corrected chi connectivity index (χ2v) is 5.20. The molecule has 1 rings (SSSR count). The topological polar surface area (TPSA) is 61.8 Å². The number of amides is 1.